The van der Waals surface area contributed by atoms with E-state index < -0.39 is 0 Å². The minimum atomic E-state index is 0. The molecular weight excluding hydrogens is 280 g/mol. The van der Waals surface area contributed by atoms with Crippen LogP contribution in [0.5, 0.6) is 0 Å². The maximum atomic E-state index is 3.55. The van der Waals surface area contributed by atoms with E-state index in [2.05, 4.69) is 52.7 Å². The van der Waals surface area contributed by atoms with Crippen molar-refractivity contribution in [2.75, 3.05) is 26.2 Å². The lowest BCUT2D eigenvalue weighted by atomic mass is 9.88. The molecule has 2 aliphatic rings. The van der Waals surface area contributed by atoms with Gasteiger partial charge in [0.05, 0.1) is 0 Å². The van der Waals surface area contributed by atoms with Gasteiger partial charge in [-0.25, -0.2) is 0 Å². The number of likely N-dealkylation sites (tertiary alicyclic amines) is 1. The number of nitrogens with zero attached hydrogens (tertiary/aromatic N) is 1. The van der Waals surface area contributed by atoms with E-state index in [1.54, 1.807) is 0 Å². The van der Waals surface area contributed by atoms with E-state index >= 15 is 0 Å². The van der Waals surface area contributed by atoms with Crippen LogP contribution in [0.1, 0.15) is 12.0 Å². The minimum absolute atomic E-state index is 0. The number of piperidine rings is 1. The monoisotopic (exact) mass is 302 g/mol. The summed E-state index contributed by atoms with van der Waals surface area (Å²) in [6, 6.07) is 15.5. The summed E-state index contributed by atoms with van der Waals surface area (Å²) < 4.78 is 0. The molecule has 3 heteroatoms. The smallest absolute Gasteiger partial charge is 0.0240 e. The Bertz CT molecular complexity index is 608. The Balaban J connectivity index is 0.00000132. The van der Waals surface area contributed by atoms with Gasteiger partial charge in [0.25, 0.3) is 0 Å². The van der Waals surface area contributed by atoms with Crippen LogP contribution in [0, 0.1) is 11.8 Å². The van der Waals surface area contributed by atoms with Crippen molar-refractivity contribution in [2.45, 2.75) is 13.0 Å². The Labute approximate surface area is 132 Å². The van der Waals surface area contributed by atoms with Gasteiger partial charge < -0.3 is 5.32 Å². The van der Waals surface area contributed by atoms with Crippen LogP contribution in [-0.2, 0) is 6.54 Å². The first-order chi connectivity index (χ1) is 9.90. The van der Waals surface area contributed by atoms with Crippen LogP contribution < -0.4 is 5.32 Å². The van der Waals surface area contributed by atoms with E-state index in [-0.39, 0.29) is 12.4 Å². The molecule has 1 N–H and O–H groups in total. The van der Waals surface area contributed by atoms with E-state index in [9.17, 15) is 0 Å². The third kappa shape index (κ3) is 2.94. The number of rotatable bonds is 2. The lowest BCUT2D eigenvalue weighted by Crippen LogP contribution is -2.39. The molecule has 112 valence electrons. The van der Waals surface area contributed by atoms with Gasteiger partial charge in [-0.05, 0) is 54.2 Å². The fourth-order valence-electron chi connectivity index (χ4n) is 3.93. The predicted octanol–water partition coefficient (Wildman–Crippen LogP) is 3.30. The summed E-state index contributed by atoms with van der Waals surface area (Å²) in [7, 11) is 0. The van der Waals surface area contributed by atoms with Gasteiger partial charge in [0.15, 0.2) is 0 Å². The minimum Gasteiger partial charge on any atom is -0.316 e. The van der Waals surface area contributed by atoms with Crippen LogP contribution in [-0.4, -0.2) is 31.1 Å². The summed E-state index contributed by atoms with van der Waals surface area (Å²) in [5, 5.41) is 6.33. The number of hydrogen-bond acceptors (Lipinski definition) is 2. The Morgan fingerprint density at radius 3 is 2.76 bits per heavy atom. The maximum absolute atomic E-state index is 3.55. The van der Waals surface area contributed by atoms with E-state index in [0.717, 1.165) is 18.4 Å². The molecule has 2 aromatic rings. The third-order valence-electron chi connectivity index (χ3n) is 5.06. The first kappa shape index (κ1) is 14.8. The van der Waals surface area contributed by atoms with Crippen molar-refractivity contribution in [1.82, 2.24) is 10.2 Å². The summed E-state index contributed by atoms with van der Waals surface area (Å²) in [4.78, 5) is 2.65. The molecule has 0 saturated carbocycles. The maximum Gasteiger partial charge on any atom is 0.0240 e. The van der Waals surface area contributed by atoms with E-state index in [1.165, 1.54) is 48.9 Å². The zero-order valence-electron chi connectivity index (χ0n) is 12.3. The van der Waals surface area contributed by atoms with Gasteiger partial charge in [-0.3, -0.25) is 4.90 Å². The second-order valence-corrected chi connectivity index (χ2v) is 6.34. The fraction of sp³-hybridized carbons (Fsp3) is 0.444. The van der Waals surface area contributed by atoms with Crippen LogP contribution in [0.25, 0.3) is 10.8 Å². The molecule has 21 heavy (non-hydrogen) atoms. The van der Waals surface area contributed by atoms with E-state index in [1.807, 2.05) is 0 Å². The molecule has 0 bridgehead atoms. The Hall–Kier alpha value is -1.09. The number of benzene rings is 2. The molecule has 2 atom stereocenters. The quantitative estimate of drug-likeness (QED) is 0.915. The first-order valence-corrected chi connectivity index (χ1v) is 7.80. The largest absolute Gasteiger partial charge is 0.316 e. The zero-order valence-corrected chi connectivity index (χ0v) is 13.1. The normalized spacial score (nSPS) is 25.5. The van der Waals surface area contributed by atoms with Crippen LogP contribution >= 0.6 is 12.4 Å². The molecule has 0 aliphatic carbocycles. The Morgan fingerprint density at radius 1 is 1.00 bits per heavy atom. The average molecular weight is 303 g/mol. The highest BCUT2D eigenvalue weighted by Gasteiger charge is 2.32. The fourth-order valence-corrected chi connectivity index (χ4v) is 3.93. The Kier molecular flexibility index (Phi) is 4.48. The van der Waals surface area contributed by atoms with Crippen molar-refractivity contribution in [1.29, 1.82) is 0 Å². The van der Waals surface area contributed by atoms with Crippen LogP contribution in [0.3, 0.4) is 0 Å². The number of hydrogen-bond donors (Lipinski definition) is 1. The van der Waals surface area contributed by atoms with Crippen LogP contribution in [0.4, 0.5) is 0 Å². The number of halogens is 1. The molecule has 2 fully saturated rings. The highest BCUT2D eigenvalue weighted by Crippen LogP contribution is 2.28. The molecule has 0 amide bonds. The van der Waals surface area contributed by atoms with Gasteiger partial charge in [-0.2, -0.15) is 0 Å². The predicted molar refractivity (Wildman–Crippen MR) is 90.9 cm³/mol. The number of fused-ring (bicyclic) bond motifs is 2. The third-order valence-corrected chi connectivity index (χ3v) is 5.06. The Morgan fingerprint density at radius 2 is 1.81 bits per heavy atom. The van der Waals surface area contributed by atoms with Gasteiger partial charge in [0, 0.05) is 13.1 Å². The van der Waals surface area contributed by atoms with E-state index in [0.29, 0.717) is 0 Å². The summed E-state index contributed by atoms with van der Waals surface area (Å²) in [6.07, 6.45) is 1.36. The van der Waals surface area contributed by atoms with Crippen molar-refractivity contribution in [3.63, 3.8) is 0 Å². The van der Waals surface area contributed by atoms with E-state index in [4.69, 9.17) is 0 Å². The molecule has 0 radical (unpaired) electrons. The standard InChI is InChI=1S/C18H22N2.ClH/c1-2-7-18-14(4-1)5-3-6-16(18)12-20-9-8-15-10-19-11-17(15)13-20;/h1-7,15,17,19H,8-13H2;1H. The van der Waals surface area contributed by atoms with Gasteiger partial charge >= 0.3 is 0 Å². The van der Waals surface area contributed by atoms with Crippen molar-refractivity contribution in [2.24, 2.45) is 11.8 Å². The van der Waals surface area contributed by atoms with Crippen LogP contribution in [0.15, 0.2) is 42.5 Å². The van der Waals surface area contributed by atoms with Crippen LogP contribution in [0.2, 0.25) is 0 Å². The molecule has 2 aliphatic heterocycles. The first-order valence-electron chi connectivity index (χ1n) is 7.80. The topological polar surface area (TPSA) is 15.3 Å². The molecule has 2 saturated heterocycles. The second kappa shape index (κ2) is 6.35. The van der Waals surface area contributed by atoms with Gasteiger partial charge in [0.1, 0.15) is 0 Å². The summed E-state index contributed by atoms with van der Waals surface area (Å²) >= 11 is 0. The van der Waals surface area contributed by atoms with Crippen molar-refractivity contribution < 1.29 is 0 Å². The van der Waals surface area contributed by atoms with Gasteiger partial charge in [0.2, 0.25) is 0 Å². The van der Waals surface area contributed by atoms with Crippen molar-refractivity contribution >= 4 is 23.2 Å². The summed E-state index contributed by atoms with van der Waals surface area (Å²) in [5.41, 5.74) is 1.48. The molecular formula is C18H23ClN2. The zero-order chi connectivity index (χ0) is 13.4. The van der Waals surface area contributed by atoms with Crippen molar-refractivity contribution in [3.8, 4) is 0 Å². The molecule has 4 rings (SSSR count). The summed E-state index contributed by atoms with van der Waals surface area (Å²) in [6.45, 7) is 6.08. The molecule has 0 aromatic heterocycles. The lowest BCUT2D eigenvalue weighted by Gasteiger charge is -2.34. The highest BCUT2D eigenvalue weighted by atomic mass is 35.5. The summed E-state index contributed by atoms with van der Waals surface area (Å²) in [5.74, 6) is 1.80. The second-order valence-electron chi connectivity index (χ2n) is 6.34. The highest BCUT2D eigenvalue weighted by molar-refractivity contribution is 5.85. The van der Waals surface area contributed by atoms with Crippen molar-refractivity contribution in [3.05, 3.63) is 48.0 Å². The lowest BCUT2D eigenvalue weighted by molar-refractivity contribution is 0.142. The number of nitrogens with one attached hydrogen (secondary N) is 1. The molecule has 0 spiro atoms. The molecule has 2 aromatic carbocycles. The molecule has 2 heterocycles. The van der Waals surface area contributed by atoms with Gasteiger partial charge in [-0.1, -0.05) is 42.5 Å². The SMILES string of the molecule is Cl.c1ccc2c(CN3CCC4CNCC4C3)cccc2c1. The molecule has 2 unspecified atom stereocenters. The van der Waals surface area contributed by atoms with Gasteiger partial charge in [-0.15, -0.1) is 12.4 Å². The average Bonchev–Trinajstić information content (AvgIpc) is 2.95. The molecule has 2 nitrogen and oxygen atoms in total.